The van der Waals surface area contributed by atoms with E-state index in [1.807, 2.05) is 37.3 Å². The van der Waals surface area contributed by atoms with E-state index in [0.717, 1.165) is 5.56 Å². The van der Waals surface area contributed by atoms with E-state index in [1.54, 1.807) is 6.07 Å². The number of rotatable bonds is 5. The minimum Gasteiger partial charge on any atom is -0.355 e. The van der Waals surface area contributed by atoms with Crippen molar-refractivity contribution in [3.8, 4) is 11.3 Å². The minimum absolute atomic E-state index is 0.0770. The fraction of sp³-hybridized carbons (Fsp3) is 0.214. The minimum atomic E-state index is -0.467. The predicted molar refractivity (Wildman–Crippen MR) is 73.0 cm³/mol. The van der Waals surface area contributed by atoms with Crippen LogP contribution in [0.25, 0.3) is 11.3 Å². The maximum absolute atomic E-state index is 11.8. The van der Waals surface area contributed by atoms with Crippen molar-refractivity contribution in [2.75, 3.05) is 13.1 Å². The highest BCUT2D eigenvalue weighted by molar-refractivity contribution is 5.94. The van der Waals surface area contributed by atoms with Crippen molar-refractivity contribution in [3.63, 3.8) is 0 Å². The summed E-state index contributed by atoms with van der Waals surface area (Å²) in [5.74, 6) is -0.636. The van der Waals surface area contributed by atoms with Crippen LogP contribution in [0.3, 0.4) is 0 Å². The average molecular weight is 273 g/mol. The topological polar surface area (TPSA) is 84.2 Å². The Morgan fingerprint density at radius 2 is 1.95 bits per heavy atom. The monoisotopic (exact) mass is 273 g/mol. The number of likely N-dealkylation sites (N-methyl/N-ethyl adjacent to an activating group) is 1. The standard InChI is InChI=1S/C14H15N3O3/c1-2-15-13(18)9-16-14(19)12-8-11(17-20-12)10-6-4-3-5-7-10/h3-8H,2,9H2,1H3,(H,15,18)(H,16,19). The molecule has 0 saturated heterocycles. The van der Waals surface area contributed by atoms with Gasteiger partial charge in [-0.1, -0.05) is 35.5 Å². The maximum atomic E-state index is 11.8. The molecular formula is C14H15N3O3. The molecule has 0 atom stereocenters. The molecule has 0 radical (unpaired) electrons. The lowest BCUT2D eigenvalue weighted by molar-refractivity contribution is -0.120. The molecule has 0 bridgehead atoms. The first-order valence-electron chi connectivity index (χ1n) is 6.27. The molecule has 20 heavy (non-hydrogen) atoms. The molecule has 0 spiro atoms. The van der Waals surface area contributed by atoms with Gasteiger partial charge in [0.2, 0.25) is 11.7 Å². The Morgan fingerprint density at radius 1 is 1.20 bits per heavy atom. The largest absolute Gasteiger partial charge is 0.355 e. The Hall–Kier alpha value is -2.63. The number of nitrogens with zero attached hydrogens (tertiary/aromatic N) is 1. The number of amides is 2. The molecule has 1 aromatic carbocycles. The molecule has 0 saturated carbocycles. The summed E-state index contributed by atoms with van der Waals surface area (Å²) in [5.41, 5.74) is 1.44. The molecule has 0 unspecified atom stereocenters. The van der Waals surface area contributed by atoms with Crippen molar-refractivity contribution in [1.82, 2.24) is 15.8 Å². The number of aromatic nitrogens is 1. The fourth-order valence-corrected chi connectivity index (χ4v) is 1.63. The molecule has 6 nitrogen and oxygen atoms in total. The highest BCUT2D eigenvalue weighted by Crippen LogP contribution is 2.18. The summed E-state index contributed by atoms with van der Waals surface area (Å²) in [6.45, 7) is 2.24. The van der Waals surface area contributed by atoms with Crippen LogP contribution in [-0.2, 0) is 4.79 Å². The predicted octanol–water partition coefficient (Wildman–Crippen LogP) is 1.21. The second-order valence-electron chi connectivity index (χ2n) is 4.08. The van der Waals surface area contributed by atoms with E-state index in [0.29, 0.717) is 12.2 Å². The van der Waals surface area contributed by atoms with Crippen LogP contribution < -0.4 is 10.6 Å². The highest BCUT2D eigenvalue weighted by Gasteiger charge is 2.14. The molecule has 1 aromatic heterocycles. The van der Waals surface area contributed by atoms with Crippen LogP contribution in [0.1, 0.15) is 17.5 Å². The number of hydrogen-bond acceptors (Lipinski definition) is 4. The SMILES string of the molecule is CCNC(=O)CNC(=O)c1cc(-c2ccccc2)no1. The molecule has 104 valence electrons. The van der Waals surface area contributed by atoms with E-state index in [4.69, 9.17) is 4.52 Å². The van der Waals surface area contributed by atoms with Crippen molar-refractivity contribution in [3.05, 3.63) is 42.2 Å². The van der Waals surface area contributed by atoms with E-state index in [-0.39, 0.29) is 18.2 Å². The van der Waals surface area contributed by atoms with Crippen LogP contribution in [0.5, 0.6) is 0 Å². The zero-order chi connectivity index (χ0) is 14.4. The van der Waals surface area contributed by atoms with Gasteiger partial charge in [0.15, 0.2) is 0 Å². The van der Waals surface area contributed by atoms with E-state index >= 15 is 0 Å². The summed E-state index contributed by atoms with van der Waals surface area (Å²) < 4.78 is 4.98. The number of carbonyl (C=O) groups is 2. The van der Waals surface area contributed by atoms with Gasteiger partial charge in [-0.2, -0.15) is 0 Å². The third-order valence-corrected chi connectivity index (χ3v) is 2.59. The lowest BCUT2D eigenvalue weighted by atomic mass is 10.1. The molecular weight excluding hydrogens is 258 g/mol. The zero-order valence-corrected chi connectivity index (χ0v) is 11.1. The molecule has 2 rings (SSSR count). The molecule has 0 aliphatic heterocycles. The number of hydrogen-bond donors (Lipinski definition) is 2. The Morgan fingerprint density at radius 3 is 2.65 bits per heavy atom. The molecule has 0 fully saturated rings. The van der Waals surface area contributed by atoms with Crippen LogP contribution in [0, 0.1) is 0 Å². The maximum Gasteiger partial charge on any atom is 0.290 e. The van der Waals surface area contributed by atoms with E-state index in [9.17, 15) is 9.59 Å². The lowest BCUT2D eigenvalue weighted by Gasteiger charge is -2.02. The van der Waals surface area contributed by atoms with Gasteiger partial charge in [0.25, 0.3) is 5.91 Å². The molecule has 2 N–H and O–H groups in total. The van der Waals surface area contributed by atoms with Gasteiger partial charge in [0.1, 0.15) is 5.69 Å². The van der Waals surface area contributed by atoms with Gasteiger partial charge in [-0.15, -0.1) is 0 Å². The van der Waals surface area contributed by atoms with Crippen molar-refractivity contribution >= 4 is 11.8 Å². The smallest absolute Gasteiger partial charge is 0.290 e. The van der Waals surface area contributed by atoms with Crippen LogP contribution in [0.2, 0.25) is 0 Å². The summed E-state index contributed by atoms with van der Waals surface area (Å²) in [6.07, 6.45) is 0. The molecule has 0 aliphatic carbocycles. The van der Waals surface area contributed by atoms with Gasteiger partial charge < -0.3 is 15.2 Å². The van der Waals surface area contributed by atoms with Crippen LogP contribution in [0.15, 0.2) is 40.9 Å². The zero-order valence-electron chi connectivity index (χ0n) is 11.1. The average Bonchev–Trinajstić information content (AvgIpc) is 2.96. The molecule has 1 heterocycles. The van der Waals surface area contributed by atoms with Crippen molar-refractivity contribution < 1.29 is 14.1 Å². The van der Waals surface area contributed by atoms with Gasteiger partial charge >= 0.3 is 0 Å². The van der Waals surface area contributed by atoms with Gasteiger partial charge in [-0.3, -0.25) is 9.59 Å². The quantitative estimate of drug-likeness (QED) is 0.857. The highest BCUT2D eigenvalue weighted by atomic mass is 16.5. The Labute approximate surface area is 116 Å². The number of carbonyl (C=O) groups excluding carboxylic acids is 2. The van der Waals surface area contributed by atoms with Gasteiger partial charge in [0, 0.05) is 18.2 Å². The Balaban J connectivity index is 1.98. The second kappa shape index (κ2) is 6.51. The third kappa shape index (κ3) is 3.44. The first-order chi connectivity index (χ1) is 9.70. The van der Waals surface area contributed by atoms with Gasteiger partial charge in [-0.25, -0.2) is 0 Å². The van der Waals surface area contributed by atoms with Gasteiger partial charge in [0.05, 0.1) is 6.54 Å². The first-order valence-corrected chi connectivity index (χ1v) is 6.27. The summed E-state index contributed by atoms with van der Waals surface area (Å²) in [6, 6.07) is 10.9. The van der Waals surface area contributed by atoms with Crippen LogP contribution >= 0.6 is 0 Å². The van der Waals surface area contributed by atoms with Crippen molar-refractivity contribution in [2.45, 2.75) is 6.92 Å². The van der Waals surface area contributed by atoms with Crippen molar-refractivity contribution in [2.24, 2.45) is 0 Å². The summed E-state index contributed by atoms with van der Waals surface area (Å²) in [7, 11) is 0. The molecule has 2 aromatic rings. The van der Waals surface area contributed by atoms with E-state index < -0.39 is 5.91 Å². The van der Waals surface area contributed by atoms with E-state index in [2.05, 4.69) is 15.8 Å². The summed E-state index contributed by atoms with van der Waals surface area (Å²) in [4.78, 5) is 23.0. The molecule has 0 aliphatic rings. The van der Waals surface area contributed by atoms with Crippen LogP contribution in [-0.4, -0.2) is 30.1 Å². The molecule has 2 amide bonds. The first kappa shape index (κ1) is 13.8. The van der Waals surface area contributed by atoms with Gasteiger partial charge in [-0.05, 0) is 6.92 Å². The second-order valence-corrected chi connectivity index (χ2v) is 4.08. The van der Waals surface area contributed by atoms with Crippen LogP contribution in [0.4, 0.5) is 0 Å². The van der Waals surface area contributed by atoms with Crippen molar-refractivity contribution in [1.29, 1.82) is 0 Å². The van der Waals surface area contributed by atoms with E-state index in [1.165, 1.54) is 0 Å². The normalized spacial score (nSPS) is 10.1. The Bertz CT molecular complexity index is 593. The third-order valence-electron chi connectivity index (χ3n) is 2.59. The fourth-order valence-electron chi connectivity index (χ4n) is 1.63. The number of nitrogens with one attached hydrogen (secondary N) is 2. The number of benzene rings is 1. The lowest BCUT2D eigenvalue weighted by Crippen LogP contribution is -2.36. The summed E-state index contributed by atoms with van der Waals surface area (Å²) in [5, 5.41) is 8.88. The molecule has 6 heteroatoms. The summed E-state index contributed by atoms with van der Waals surface area (Å²) >= 11 is 0. The Kier molecular flexibility index (Phi) is 4.49.